The number of likely N-dealkylation sites (tertiary alicyclic amines) is 1. The second-order valence-corrected chi connectivity index (χ2v) is 6.17. The van der Waals surface area contributed by atoms with Gasteiger partial charge in [-0.1, -0.05) is 0 Å². The van der Waals surface area contributed by atoms with Gasteiger partial charge in [0.1, 0.15) is 12.6 Å². The molecule has 2 aromatic rings. The minimum absolute atomic E-state index is 0.0630. The number of aromatic nitrogens is 4. The van der Waals surface area contributed by atoms with Gasteiger partial charge in [-0.3, -0.25) is 9.59 Å². The quantitative estimate of drug-likeness (QED) is 0.812. The zero-order chi connectivity index (χ0) is 17.8. The maximum absolute atomic E-state index is 12.5. The SMILES string of the molecule is Cc1cc(C)nc(OC2CCCN(C(=O)Cn3ncccc3=O)C2)n1. The molecule has 1 unspecified atom stereocenters. The molecule has 0 bridgehead atoms. The molecule has 0 aromatic carbocycles. The number of carbonyl (C=O) groups excluding carboxylic acids is 1. The molecular formula is C17H21N5O3. The molecular weight excluding hydrogens is 322 g/mol. The molecule has 1 saturated heterocycles. The molecule has 1 fully saturated rings. The molecule has 132 valence electrons. The van der Waals surface area contributed by atoms with Crippen molar-refractivity contribution >= 4 is 5.91 Å². The number of piperidine rings is 1. The van der Waals surface area contributed by atoms with Crippen molar-refractivity contribution in [2.24, 2.45) is 0 Å². The lowest BCUT2D eigenvalue weighted by Gasteiger charge is -2.32. The van der Waals surface area contributed by atoms with Crippen LogP contribution in [0.4, 0.5) is 0 Å². The molecule has 0 aliphatic carbocycles. The van der Waals surface area contributed by atoms with E-state index in [1.807, 2.05) is 19.9 Å². The average Bonchev–Trinajstić information content (AvgIpc) is 2.56. The van der Waals surface area contributed by atoms with E-state index in [1.165, 1.54) is 16.9 Å². The third kappa shape index (κ3) is 4.40. The molecule has 0 spiro atoms. The molecule has 3 heterocycles. The van der Waals surface area contributed by atoms with Crippen molar-refractivity contribution in [3.63, 3.8) is 0 Å². The topological polar surface area (TPSA) is 90.2 Å². The first-order valence-corrected chi connectivity index (χ1v) is 8.30. The summed E-state index contributed by atoms with van der Waals surface area (Å²) in [6.45, 7) is 4.82. The summed E-state index contributed by atoms with van der Waals surface area (Å²) in [6, 6.07) is 5.17. The largest absolute Gasteiger partial charge is 0.458 e. The Morgan fingerprint density at radius 1 is 1.32 bits per heavy atom. The number of ether oxygens (including phenoxy) is 1. The molecule has 1 aliphatic heterocycles. The van der Waals surface area contributed by atoms with Crippen molar-refractivity contribution in [2.75, 3.05) is 13.1 Å². The van der Waals surface area contributed by atoms with Gasteiger partial charge in [0.2, 0.25) is 5.91 Å². The monoisotopic (exact) mass is 343 g/mol. The van der Waals surface area contributed by atoms with E-state index in [-0.39, 0.29) is 24.1 Å². The summed E-state index contributed by atoms with van der Waals surface area (Å²) in [5, 5.41) is 3.92. The summed E-state index contributed by atoms with van der Waals surface area (Å²) >= 11 is 0. The average molecular weight is 343 g/mol. The molecule has 3 rings (SSSR count). The van der Waals surface area contributed by atoms with Crippen LogP contribution in [0.2, 0.25) is 0 Å². The smallest absolute Gasteiger partial charge is 0.317 e. The summed E-state index contributed by atoms with van der Waals surface area (Å²) in [5.74, 6) is -0.143. The number of rotatable bonds is 4. The first-order valence-electron chi connectivity index (χ1n) is 8.30. The molecule has 1 aliphatic rings. The Hall–Kier alpha value is -2.77. The second kappa shape index (κ2) is 7.42. The minimum Gasteiger partial charge on any atom is -0.458 e. The first kappa shape index (κ1) is 17.1. The van der Waals surface area contributed by atoms with Gasteiger partial charge in [0.25, 0.3) is 5.56 Å². The van der Waals surface area contributed by atoms with Crippen LogP contribution in [0.25, 0.3) is 0 Å². The second-order valence-electron chi connectivity index (χ2n) is 6.17. The van der Waals surface area contributed by atoms with Gasteiger partial charge in [-0.15, -0.1) is 0 Å². The van der Waals surface area contributed by atoms with E-state index in [0.717, 1.165) is 24.2 Å². The lowest BCUT2D eigenvalue weighted by Crippen LogP contribution is -2.46. The standard InChI is InChI=1S/C17H21N5O3/c1-12-9-13(2)20-17(19-12)25-14-5-4-8-21(10-14)16(24)11-22-15(23)6-3-7-18-22/h3,6-7,9,14H,4-5,8,10-11H2,1-2H3. The molecule has 0 saturated carbocycles. The van der Waals surface area contributed by atoms with E-state index in [1.54, 1.807) is 11.0 Å². The normalized spacial score (nSPS) is 17.4. The fourth-order valence-corrected chi connectivity index (χ4v) is 2.89. The number of amides is 1. The summed E-state index contributed by atoms with van der Waals surface area (Å²) in [6.07, 6.45) is 3.01. The minimum atomic E-state index is -0.288. The van der Waals surface area contributed by atoms with Gasteiger partial charge in [-0.2, -0.15) is 5.10 Å². The Labute approximate surface area is 145 Å². The zero-order valence-corrected chi connectivity index (χ0v) is 14.4. The number of carbonyl (C=O) groups is 1. The zero-order valence-electron chi connectivity index (χ0n) is 14.4. The molecule has 25 heavy (non-hydrogen) atoms. The molecule has 2 aromatic heterocycles. The molecule has 0 N–H and O–H groups in total. The van der Waals surface area contributed by atoms with Gasteiger partial charge in [0, 0.05) is 30.2 Å². The van der Waals surface area contributed by atoms with E-state index in [9.17, 15) is 9.59 Å². The highest BCUT2D eigenvalue weighted by Crippen LogP contribution is 2.16. The van der Waals surface area contributed by atoms with Crippen LogP contribution in [0.15, 0.2) is 29.2 Å². The van der Waals surface area contributed by atoms with Gasteiger partial charge in [0.15, 0.2) is 0 Å². The predicted octanol–water partition coefficient (Wildman–Crippen LogP) is 0.720. The van der Waals surface area contributed by atoms with Crippen LogP contribution in [0, 0.1) is 13.8 Å². The van der Waals surface area contributed by atoms with Gasteiger partial charge in [0.05, 0.1) is 6.54 Å². The van der Waals surface area contributed by atoms with E-state index < -0.39 is 0 Å². The fourth-order valence-electron chi connectivity index (χ4n) is 2.89. The summed E-state index contributed by atoms with van der Waals surface area (Å²) in [5.41, 5.74) is 1.41. The molecule has 8 nitrogen and oxygen atoms in total. The maximum atomic E-state index is 12.5. The number of nitrogens with zero attached hydrogens (tertiary/aromatic N) is 5. The van der Waals surface area contributed by atoms with E-state index in [2.05, 4.69) is 15.1 Å². The van der Waals surface area contributed by atoms with Crippen molar-refractivity contribution < 1.29 is 9.53 Å². The van der Waals surface area contributed by atoms with E-state index in [4.69, 9.17) is 4.74 Å². The van der Waals surface area contributed by atoms with Crippen molar-refractivity contribution in [1.29, 1.82) is 0 Å². The van der Waals surface area contributed by atoms with Crippen molar-refractivity contribution in [3.8, 4) is 6.01 Å². The molecule has 1 atom stereocenters. The van der Waals surface area contributed by atoms with Gasteiger partial charge in [-0.25, -0.2) is 14.6 Å². The van der Waals surface area contributed by atoms with Crippen LogP contribution in [0.3, 0.4) is 0 Å². The van der Waals surface area contributed by atoms with Crippen LogP contribution in [-0.2, 0) is 11.3 Å². The van der Waals surface area contributed by atoms with Crippen LogP contribution in [0.5, 0.6) is 6.01 Å². The lowest BCUT2D eigenvalue weighted by atomic mass is 10.1. The van der Waals surface area contributed by atoms with Gasteiger partial charge >= 0.3 is 6.01 Å². The van der Waals surface area contributed by atoms with Crippen LogP contribution in [-0.4, -0.2) is 49.7 Å². The Bertz CT molecular complexity index is 800. The van der Waals surface area contributed by atoms with Gasteiger partial charge < -0.3 is 9.64 Å². The third-order valence-electron chi connectivity index (χ3n) is 4.04. The van der Waals surface area contributed by atoms with Crippen LogP contribution in [0.1, 0.15) is 24.2 Å². The highest BCUT2D eigenvalue weighted by Gasteiger charge is 2.26. The lowest BCUT2D eigenvalue weighted by molar-refractivity contribution is -0.134. The number of hydrogen-bond donors (Lipinski definition) is 0. The van der Waals surface area contributed by atoms with Crippen molar-refractivity contribution in [1.82, 2.24) is 24.6 Å². The van der Waals surface area contributed by atoms with Crippen molar-refractivity contribution in [2.45, 2.75) is 39.3 Å². The molecule has 0 radical (unpaired) electrons. The Kier molecular flexibility index (Phi) is 5.06. The summed E-state index contributed by atoms with van der Waals surface area (Å²) in [4.78, 5) is 34.4. The Morgan fingerprint density at radius 2 is 2.08 bits per heavy atom. The Balaban J connectivity index is 1.63. The maximum Gasteiger partial charge on any atom is 0.317 e. The van der Waals surface area contributed by atoms with Gasteiger partial charge in [-0.05, 0) is 38.8 Å². The summed E-state index contributed by atoms with van der Waals surface area (Å²) in [7, 11) is 0. The molecule has 8 heteroatoms. The summed E-state index contributed by atoms with van der Waals surface area (Å²) < 4.78 is 7.04. The number of hydrogen-bond acceptors (Lipinski definition) is 6. The Morgan fingerprint density at radius 3 is 2.80 bits per heavy atom. The predicted molar refractivity (Wildman–Crippen MR) is 90.2 cm³/mol. The highest BCUT2D eigenvalue weighted by molar-refractivity contribution is 5.76. The first-order chi connectivity index (χ1) is 12.0. The van der Waals surface area contributed by atoms with E-state index in [0.29, 0.717) is 19.1 Å². The van der Waals surface area contributed by atoms with E-state index >= 15 is 0 Å². The highest BCUT2D eigenvalue weighted by atomic mass is 16.5. The molecule has 1 amide bonds. The van der Waals surface area contributed by atoms with Crippen LogP contribution >= 0.6 is 0 Å². The number of aryl methyl sites for hydroxylation is 2. The van der Waals surface area contributed by atoms with Crippen LogP contribution < -0.4 is 10.3 Å². The third-order valence-corrected chi connectivity index (χ3v) is 4.04. The fraction of sp³-hybridized carbons (Fsp3) is 0.471. The van der Waals surface area contributed by atoms with Crippen molar-refractivity contribution in [3.05, 3.63) is 46.1 Å².